The molecule has 0 heterocycles. The van der Waals surface area contributed by atoms with Crippen LogP contribution in [0.4, 0.5) is 8.78 Å². The Hall–Kier alpha value is -1.31. The zero-order valence-corrected chi connectivity index (χ0v) is 13.4. The lowest BCUT2D eigenvalue weighted by molar-refractivity contribution is 0.566. The van der Waals surface area contributed by atoms with Crippen LogP contribution >= 0.6 is 15.9 Å². The number of rotatable bonds is 4. The predicted molar refractivity (Wildman–Crippen MR) is 79.3 cm³/mol. The first-order valence-electron chi connectivity index (χ1n) is 5.99. The van der Waals surface area contributed by atoms with E-state index < -0.39 is 21.7 Å². The van der Waals surface area contributed by atoms with Gasteiger partial charge in [-0.05, 0) is 58.7 Å². The number of sulfonamides is 1. The number of aryl methyl sites for hydroxylation is 1. The zero-order valence-electron chi connectivity index (χ0n) is 11.0. The molecule has 0 bridgehead atoms. The van der Waals surface area contributed by atoms with E-state index in [2.05, 4.69) is 20.7 Å². The van der Waals surface area contributed by atoms with E-state index in [1.54, 1.807) is 12.1 Å². The molecule has 0 unspecified atom stereocenters. The fraction of sp³-hybridized carbons (Fsp3) is 0.143. The summed E-state index contributed by atoms with van der Waals surface area (Å²) in [4.78, 5) is 0.0462. The minimum absolute atomic E-state index is 0.0462. The average molecular weight is 376 g/mol. The maximum Gasteiger partial charge on any atom is 0.241 e. The van der Waals surface area contributed by atoms with Crippen LogP contribution in [0, 0.1) is 18.6 Å². The van der Waals surface area contributed by atoms with Gasteiger partial charge in [0.05, 0.1) is 4.90 Å². The van der Waals surface area contributed by atoms with Crippen molar-refractivity contribution in [1.29, 1.82) is 0 Å². The molecule has 0 amide bonds. The molecule has 0 saturated carbocycles. The molecule has 112 valence electrons. The van der Waals surface area contributed by atoms with Gasteiger partial charge in [0, 0.05) is 16.6 Å². The Bertz CT molecular complexity index is 779. The molecule has 0 saturated heterocycles. The van der Waals surface area contributed by atoms with Crippen LogP contribution < -0.4 is 4.72 Å². The lowest BCUT2D eigenvalue weighted by Crippen LogP contribution is -2.24. The van der Waals surface area contributed by atoms with Gasteiger partial charge in [-0.2, -0.15) is 0 Å². The van der Waals surface area contributed by atoms with Crippen LogP contribution in [-0.2, 0) is 16.6 Å². The quantitative estimate of drug-likeness (QED) is 0.888. The first-order valence-corrected chi connectivity index (χ1v) is 8.27. The van der Waals surface area contributed by atoms with E-state index in [4.69, 9.17) is 0 Å². The third kappa shape index (κ3) is 3.87. The molecule has 0 aromatic heterocycles. The van der Waals surface area contributed by atoms with Gasteiger partial charge in [-0.15, -0.1) is 0 Å². The van der Waals surface area contributed by atoms with Crippen molar-refractivity contribution >= 4 is 26.0 Å². The summed E-state index contributed by atoms with van der Waals surface area (Å²) in [5.74, 6) is -1.29. The normalized spacial score (nSPS) is 11.6. The molecule has 7 heteroatoms. The molecule has 21 heavy (non-hydrogen) atoms. The van der Waals surface area contributed by atoms with Crippen molar-refractivity contribution in [1.82, 2.24) is 4.72 Å². The summed E-state index contributed by atoms with van der Waals surface area (Å²) in [6.07, 6.45) is 0. The second-order valence-corrected chi connectivity index (χ2v) is 7.08. The molecule has 0 aliphatic carbocycles. The largest absolute Gasteiger partial charge is 0.241 e. The minimum Gasteiger partial charge on any atom is -0.207 e. The van der Waals surface area contributed by atoms with Crippen LogP contribution in [0.2, 0.25) is 0 Å². The molecule has 0 spiro atoms. The van der Waals surface area contributed by atoms with E-state index in [0.29, 0.717) is 4.47 Å². The molecule has 3 nitrogen and oxygen atoms in total. The molecule has 2 rings (SSSR count). The number of halogens is 3. The van der Waals surface area contributed by atoms with Crippen LogP contribution in [0.3, 0.4) is 0 Å². The Morgan fingerprint density at radius 3 is 2.52 bits per heavy atom. The number of hydrogen-bond donors (Lipinski definition) is 1. The first-order chi connectivity index (χ1) is 9.79. The third-order valence-electron chi connectivity index (χ3n) is 2.84. The average Bonchev–Trinajstić information content (AvgIpc) is 2.39. The predicted octanol–water partition coefficient (Wildman–Crippen LogP) is 3.51. The van der Waals surface area contributed by atoms with Gasteiger partial charge in [0.15, 0.2) is 0 Å². The Kier molecular flexibility index (Phi) is 4.75. The van der Waals surface area contributed by atoms with Gasteiger partial charge in [-0.1, -0.05) is 6.07 Å². The lowest BCUT2D eigenvalue weighted by atomic mass is 10.2. The molecule has 2 aromatic rings. The fourth-order valence-corrected chi connectivity index (χ4v) is 3.95. The van der Waals surface area contributed by atoms with E-state index in [1.807, 2.05) is 6.92 Å². The third-order valence-corrected chi connectivity index (χ3v) is 5.22. The van der Waals surface area contributed by atoms with E-state index in [-0.39, 0.29) is 17.0 Å². The van der Waals surface area contributed by atoms with E-state index in [9.17, 15) is 17.2 Å². The number of hydrogen-bond acceptors (Lipinski definition) is 2. The maximum absolute atomic E-state index is 13.5. The monoisotopic (exact) mass is 375 g/mol. The topological polar surface area (TPSA) is 46.2 Å². The molecular formula is C14H12BrF2NO2S. The van der Waals surface area contributed by atoms with Crippen molar-refractivity contribution in [2.45, 2.75) is 18.4 Å². The van der Waals surface area contributed by atoms with E-state index >= 15 is 0 Å². The second-order valence-electron chi connectivity index (χ2n) is 4.49. The highest BCUT2D eigenvalue weighted by Crippen LogP contribution is 2.23. The van der Waals surface area contributed by atoms with Crippen molar-refractivity contribution in [3.05, 3.63) is 63.6 Å². The minimum atomic E-state index is -3.82. The Morgan fingerprint density at radius 1 is 1.14 bits per heavy atom. The van der Waals surface area contributed by atoms with Gasteiger partial charge >= 0.3 is 0 Å². The van der Waals surface area contributed by atoms with Gasteiger partial charge in [0.1, 0.15) is 11.6 Å². The zero-order chi connectivity index (χ0) is 15.6. The van der Waals surface area contributed by atoms with Gasteiger partial charge in [-0.3, -0.25) is 0 Å². The van der Waals surface area contributed by atoms with Gasteiger partial charge in [0.2, 0.25) is 10.0 Å². The van der Waals surface area contributed by atoms with Crippen LogP contribution in [0.15, 0.2) is 45.8 Å². The van der Waals surface area contributed by atoms with Gasteiger partial charge in [-0.25, -0.2) is 21.9 Å². The van der Waals surface area contributed by atoms with Crippen molar-refractivity contribution in [3.8, 4) is 0 Å². The molecule has 2 aromatic carbocycles. The molecule has 1 N–H and O–H groups in total. The van der Waals surface area contributed by atoms with Crippen LogP contribution in [0.1, 0.15) is 11.1 Å². The fourth-order valence-electron chi connectivity index (χ4n) is 1.75. The van der Waals surface area contributed by atoms with Gasteiger partial charge in [0.25, 0.3) is 0 Å². The Labute approximate surface area is 130 Å². The van der Waals surface area contributed by atoms with E-state index in [0.717, 1.165) is 23.8 Å². The molecule has 0 atom stereocenters. The summed E-state index contributed by atoms with van der Waals surface area (Å²) in [5.41, 5.74) is 0.846. The van der Waals surface area contributed by atoms with E-state index in [1.165, 1.54) is 6.07 Å². The lowest BCUT2D eigenvalue weighted by Gasteiger charge is -2.10. The number of benzene rings is 2. The van der Waals surface area contributed by atoms with Crippen LogP contribution in [0.25, 0.3) is 0 Å². The molecule has 0 aliphatic rings. The molecule has 0 radical (unpaired) electrons. The molecule has 0 fully saturated rings. The maximum atomic E-state index is 13.5. The Morgan fingerprint density at radius 2 is 1.86 bits per heavy atom. The summed E-state index contributed by atoms with van der Waals surface area (Å²) >= 11 is 3.18. The highest BCUT2D eigenvalue weighted by Gasteiger charge is 2.18. The highest BCUT2D eigenvalue weighted by molar-refractivity contribution is 9.10. The summed E-state index contributed by atoms with van der Waals surface area (Å²) in [5, 5.41) is 0. The highest BCUT2D eigenvalue weighted by atomic mass is 79.9. The second kappa shape index (κ2) is 6.21. The van der Waals surface area contributed by atoms with Crippen molar-refractivity contribution in [2.24, 2.45) is 0 Å². The summed E-state index contributed by atoms with van der Waals surface area (Å²) in [6, 6.07) is 7.66. The summed E-state index contributed by atoms with van der Waals surface area (Å²) < 4.78 is 53.5. The smallest absolute Gasteiger partial charge is 0.207 e. The number of nitrogens with one attached hydrogen (secondary N) is 1. The SMILES string of the molecule is Cc1ccc(S(=O)(=O)NCc2cc(F)ccc2F)c(Br)c1. The van der Waals surface area contributed by atoms with Crippen molar-refractivity contribution in [3.63, 3.8) is 0 Å². The molecular weight excluding hydrogens is 364 g/mol. The van der Waals surface area contributed by atoms with Crippen molar-refractivity contribution in [2.75, 3.05) is 0 Å². The standard InChI is InChI=1S/C14H12BrF2NO2S/c1-9-2-5-14(12(15)6-9)21(19,20)18-8-10-7-11(16)3-4-13(10)17/h2-7,18H,8H2,1H3. The summed E-state index contributed by atoms with van der Waals surface area (Å²) in [7, 11) is -3.82. The van der Waals surface area contributed by atoms with Crippen LogP contribution in [0.5, 0.6) is 0 Å². The van der Waals surface area contributed by atoms with Crippen molar-refractivity contribution < 1.29 is 17.2 Å². The van der Waals surface area contributed by atoms with Crippen LogP contribution in [-0.4, -0.2) is 8.42 Å². The first kappa shape index (κ1) is 16.1. The Balaban J connectivity index is 2.24. The summed E-state index contributed by atoms with van der Waals surface area (Å²) in [6.45, 7) is 1.50. The van der Waals surface area contributed by atoms with Gasteiger partial charge < -0.3 is 0 Å². The molecule has 0 aliphatic heterocycles.